The van der Waals surface area contributed by atoms with E-state index in [-0.39, 0.29) is 0 Å². The van der Waals surface area contributed by atoms with E-state index in [2.05, 4.69) is 21.2 Å². The van der Waals surface area contributed by atoms with Gasteiger partial charge in [0.15, 0.2) is 5.78 Å². The van der Waals surface area contributed by atoms with Gasteiger partial charge in [-0.15, -0.1) is 0 Å². The smallest absolute Gasteiger partial charge is 0.357 e. The normalized spacial score (nSPS) is 12.8. The summed E-state index contributed by atoms with van der Waals surface area (Å²) in [6, 6.07) is 17.3. The first-order chi connectivity index (χ1) is 11.1. The molecular weight excluding hydrogens is 377 g/mol. The Labute approximate surface area is 145 Å². The molecule has 0 aliphatic carbocycles. The van der Waals surface area contributed by atoms with Crippen molar-refractivity contribution in [2.24, 2.45) is 0 Å². The van der Waals surface area contributed by atoms with Crippen LogP contribution in [0, 0.1) is 0 Å². The fourth-order valence-corrected chi connectivity index (χ4v) is 4.43. The SMILES string of the molecule is CCOP(=O)(OCC)C(Nc1ccc(Br)cc1)c1ccccc1. The molecule has 0 radical (unpaired) electrons. The molecule has 23 heavy (non-hydrogen) atoms. The third kappa shape index (κ3) is 4.92. The second-order valence-corrected chi connectivity index (χ2v) is 7.87. The Morgan fingerprint density at radius 1 is 1.00 bits per heavy atom. The van der Waals surface area contributed by atoms with Crippen molar-refractivity contribution in [3.8, 4) is 0 Å². The van der Waals surface area contributed by atoms with Gasteiger partial charge in [-0.1, -0.05) is 46.3 Å². The molecule has 0 amide bonds. The zero-order valence-corrected chi connectivity index (χ0v) is 15.7. The maximum atomic E-state index is 13.3. The highest BCUT2D eigenvalue weighted by molar-refractivity contribution is 9.10. The Balaban J connectivity index is 2.38. The summed E-state index contributed by atoms with van der Waals surface area (Å²) in [6.45, 7) is 4.27. The third-order valence-electron chi connectivity index (χ3n) is 3.20. The van der Waals surface area contributed by atoms with E-state index in [1.807, 2.05) is 68.4 Å². The monoisotopic (exact) mass is 397 g/mol. The van der Waals surface area contributed by atoms with E-state index < -0.39 is 13.4 Å². The molecular formula is C17H21BrNO3P. The number of anilines is 1. The molecule has 0 aromatic heterocycles. The van der Waals surface area contributed by atoms with E-state index >= 15 is 0 Å². The highest BCUT2D eigenvalue weighted by Crippen LogP contribution is 2.60. The third-order valence-corrected chi connectivity index (χ3v) is 6.02. The second-order valence-electron chi connectivity index (χ2n) is 4.84. The average Bonchev–Trinajstić information content (AvgIpc) is 2.55. The second kappa shape index (κ2) is 8.65. The van der Waals surface area contributed by atoms with Gasteiger partial charge in [-0.05, 0) is 43.7 Å². The largest absolute Gasteiger partial charge is 0.368 e. The van der Waals surface area contributed by atoms with Gasteiger partial charge in [-0.3, -0.25) is 4.57 Å². The number of nitrogens with one attached hydrogen (secondary N) is 1. The van der Waals surface area contributed by atoms with E-state index in [0.29, 0.717) is 13.2 Å². The van der Waals surface area contributed by atoms with Crippen LogP contribution in [0.1, 0.15) is 25.2 Å². The Morgan fingerprint density at radius 2 is 1.57 bits per heavy atom. The van der Waals surface area contributed by atoms with Crippen molar-refractivity contribution in [2.75, 3.05) is 18.5 Å². The Bertz CT molecular complexity index is 639. The van der Waals surface area contributed by atoms with Crippen molar-refractivity contribution in [1.29, 1.82) is 0 Å². The molecule has 0 aliphatic rings. The first kappa shape index (κ1) is 18.2. The predicted octanol–water partition coefficient (Wildman–Crippen LogP) is 5.83. The molecule has 2 aromatic rings. The standard InChI is InChI=1S/C17H21BrNO3P/c1-3-21-23(20,22-4-2)17(14-8-6-5-7-9-14)19-16-12-10-15(18)11-13-16/h5-13,17,19H,3-4H2,1-2H3. The van der Waals surface area contributed by atoms with Crippen LogP contribution >= 0.6 is 23.5 Å². The van der Waals surface area contributed by atoms with Gasteiger partial charge in [-0.25, -0.2) is 0 Å². The van der Waals surface area contributed by atoms with Gasteiger partial charge in [0, 0.05) is 10.2 Å². The molecule has 0 spiro atoms. The van der Waals surface area contributed by atoms with Gasteiger partial charge >= 0.3 is 7.60 Å². The summed E-state index contributed by atoms with van der Waals surface area (Å²) in [7, 11) is -3.35. The molecule has 2 aromatic carbocycles. The van der Waals surface area contributed by atoms with Crippen molar-refractivity contribution < 1.29 is 13.6 Å². The lowest BCUT2D eigenvalue weighted by Gasteiger charge is -2.28. The summed E-state index contributed by atoms with van der Waals surface area (Å²) in [6.07, 6.45) is 0. The minimum atomic E-state index is -3.35. The minimum Gasteiger partial charge on any atom is -0.368 e. The first-order valence-electron chi connectivity index (χ1n) is 7.55. The van der Waals surface area contributed by atoms with Gasteiger partial charge in [-0.2, -0.15) is 0 Å². The van der Waals surface area contributed by atoms with Gasteiger partial charge in [0.05, 0.1) is 13.2 Å². The van der Waals surface area contributed by atoms with Crippen molar-refractivity contribution in [3.63, 3.8) is 0 Å². The van der Waals surface area contributed by atoms with Crippen LogP contribution in [0.5, 0.6) is 0 Å². The quantitative estimate of drug-likeness (QED) is 0.569. The molecule has 1 unspecified atom stereocenters. The maximum Gasteiger partial charge on any atom is 0.357 e. The average molecular weight is 398 g/mol. The first-order valence-corrected chi connectivity index (χ1v) is 9.95. The van der Waals surface area contributed by atoms with Crippen LogP contribution in [0.25, 0.3) is 0 Å². The van der Waals surface area contributed by atoms with Gasteiger partial charge in [0.2, 0.25) is 0 Å². The van der Waals surface area contributed by atoms with Crippen LogP contribution in [0.3, 0.4) is 0 Å². The molecule has 124 valence electrons. The van der Waals surface area contributed by atoms with Gasteiger partial charge < -0.3 is 14.4 Å². The van der Waals surface area contributed by atoms with Gasteiger partial charge in [0.1, 0.15) is 0 Å². The summed E-state index contributed by atoms with van der Waals surface area (Å²) < 4.78 is 25.3. The summed E-state index contributed by atoms with van der Waals surface area (Å²) in [4.78, 5) is 0. The molecule has 2 rings (SSSR count). The molecule has 0 fully saturated rings. The molecule has 0 bridgehead atoms. The summed E-state index contributed by atoms with van der Waals surface area (Å²) in [5.74, 6) is -0.565. The molecule has 4 nitrogen and oxygen atoms in total. The van der Waals surface area contributed by atoms with E-state index in [9.17, 15) is 4.57 Å². The Kier molecular flexibility index (Phi) is 6.85. The summed E-state index contributed by atoms with van der Waals surface area (Å²) in [5.41, 5.74) is 1.71. The molecule has 0 aliphatic heterocycles. The zero-order chi connectivity index (χ0) is 16.7. The van der Waals surface area contributed by atoms with Crippen LogP contribution in [0.2, 0.25) is 0 Å². The van der Waals surface area contributed by atoms with E-state index in [1.165, 1.54) is 0 Å². The number of hydrogen-bond donors (Lipinski definition) is 1. The van der Waals surface area contributed by atoms with Gasteiger partial charge in [0.25, 0.3) is 0 Å². The molecule has 0 heterocycles. The lowest BCUT2D eigenvalue weighted by Crippen LogP contribution is -2.15. The van der Waals surface area contributed by atoms with E-state index in [0.717, 1.165) is 15.7 Å². The Hall–Kier alpha value is -1.13. The fraction of sp³-hybridized carbons (Fsp3) is 0.294. The minimum absolute atomic E-state index is 0.322. The van der Waals surface area contributed by atoms with Crippen LogP contribution < -0.4 is 5.32 Å². The number of rotatable bonds is 8. The van der Waals surface area contributed by atoms with Crippen molar-refractivity contribution in [2.45, 2.75) is 19.6 Å². The van der Waals surface area contributed by atoms with Crippen molar-refractivity contribution >= 4 is 29.2 Å². The molecule has 0 saturated carbocycles. The molecule has 6 heteroatoms. The number of benzene rings is 2. The molecule has 0 saturated heterocycles. The van der Waals surface area contributed by atoms with Crippen LogP contribution in [0.15, 0.2) is 59.1 Å². The summed E-state index contributed by atoms with van der Waals surface area (Å²) in [5, 5.41) is 3.30. The summed E-state index contributed by atoms with van der Waals surface area (Å²) >= 11 is 3.41. The molecule has 1 atom stereocenters. The van der Waals surface area contributed by atoms with E-state index in [4.69, 9.17) is 9.05 Å². The number of hydrogen-bond acceptors (Lipinski definition) is 4. The van der Waals surface area contributed by atoms with Crippen molar-refractivity contribution in [3.05, 3.63) is 64.6 Å². The van der Waals surface area contributed by atoms with Crippen LogP contribution in [-0.4, -0.2) is 13.2 Å². The zero-order valence-electron chi connectivity index (χ0n) is 13.2. The number of halogens is 1. The van der Waals surface area contributed by atoms with E-state index in [1.54, 1.807) is 0 Å². The highest BCUT2D eigenvalue weighted by Gasteiger charge is 2.36. The fourth-order valence-electron chi connectivity index (χ4n) is 2.23. The van der Waals surface area contributed by atoms with Crippen LogP contribution in [-0.2, 0) is 13.6 Å². The van der Waals surface area contributed by atoms with Crippen molar-refractivity contribution in [1.82, 2.24) is 0 Å². The lowest BCUT2D eigenvalue weighted by atomic mass is 10.2. The Morgan fingerprint density at radius 3 is 2.09 bits per heavy atom. The maximum absolute atomic E-state index is 13.3. The van der Waals surface area contributed by atoms with Crippen LogP contribution in [0.4, 0.5) is 5.69 Å². The highest BCUT2D eigenvalue weighted by atomic mass is 79.9. The molecule has 1 N–H and O–H groups in total. The topological polar surface area (TPSA) is 47.6 Å². The predicted molar refractivity (Wildman–Crippen MR) is 97.8 cm³/mol. The lowest BCUT2D eigenvalue weighted by molar-refractivity contribution is 0.214.